The molecule has 166 valence electrons. The maximum atomic E-state index is 13.9. The first-order chi connectivity index (χ1) is 16.1. The molecule has 3 aromatic carbocycles. The van der Waals surface area contributed by atoms with Crippen LogP contribution in [0.15, 0.2) is 83.3 Å². The van der Waals surface area contributed by atoms with Crippen molar-refractivity contribution >= 4 is 44.8 Å². The number of carbonyl (C=O) groups excluding carboxylic acids is 2. The topological polar surface area (TPSA) is 64.4 Å². The average Bonchev–Trinajstić information content (AvgIpc) is 3.20. The second kappa shape index (κ2) is 8.83. The van der Waals surface area contributed by atoms with Crippen molar-refractivity contribution in [2.75, 3.05) is 11.5 Å². The van der Waals surface area contributed by atoms with Crippen LogP contribution in [0.3, 0.4) is 0 Å². The minimum Gasteiger partial charge on any atom is -0.465 e. The normalized spacial score (nSPS) is 17.8. The second-order valence-corrected chi connectivity index (χ2v) is 8.83. The van der Waals surface area contributed by atoms with Crippen LogP contribution >= 0.6 is 15.9 Å². The molecule has 1 aromatic heterocycles. The minimum absolute atomic E-state index is 0.198. The lowest BCUT2D eigenvalue weighted by atomic mass is 9.89. The summed E-state index contributed by atoms with van der Waals surface area (Å²) >= 11 is 3.53. The van der Waals surface area contributed by atoms with Crippen LogP contribution < -0.4 is 4.90 Å². The van der Waals surface area contributed by atoms with Gasteiger partial charge in [0.2, 0.25) is 11.9 Å². The highest BCUT2D eigenvalue weighted by Gasteiger charge is 2.47. The number of nitrogens with zero attached hydrogens (tertiary/aromatic N) is 3. The summed E-state index contributed by atoms with van der Waals surface area (Å²) < 4.78 is 8.28. The van der Waals surface area contributed by atoms with E-state index in [2.05, 4.69) is 15.9 Å². The number of esters is 1. The predicted octanol–water partition coefficient (Wildman–Crippen LogP) is 5.11. The summed E-state index contributed by atoms with van der Waals surface area (Å²) in [4.78, 5) is 33.6. The summed E-state index contributed by atoms with van der Waals surface area (Å²) in [6, 6.07) is 24.6. The van der Waals surface area contributed by atoms with Crippen molar-refractivity contribution in [3.05, 3.63) is 94.5 Å². The monoisotopic (exact) mass is 503 g/mol. The second-order valence-electron chi connectivity index (χ2n) is 7.91. The SMILES string of the molecule is CCOC(=O)[C@@H]1C(=O)N(Cc2ccccc2)c2nc3ccccc3n2[C@H]1c1cccc(Br)c1. The zero-order valence-corrected chi connectivity index (χ0v) is 19.6. The van der Waals surface area contributed by atoms with Crippen LogP contribution in [0.4, 0.5) is 5.95 Å². The molecule has 2 heterocycles. The van der Waals surface area contributed by atoms with E-state index < -0.39 is 17.9 Å². The van der Waals surface area contributed by atoms with Crippen LogP contribution in [0.2, 0.25) is 0 Å². The maximum Gasteiger partial charge on any atom is 0.321 e. The molecule has 0 saturated heterocycles. The number of hydrogen-bond donors (Lipinski definition) is 0. The summed E-state index contributed by atoms with van der Waals surface area (Å²) in [7, 11) is 0. The van der Waals surface area contributed by atoms with E-state index in [0.29, 0.717) is 12.5 Å². The summed E-state index contributed by atoms with van der Waals surface area (Å²) in [5, 5.41) is 0. The van der Waals surface area contributed by atoms with Gasteiger partial charge in [-0.1, -0.05) is 70.5 Å². The number of carbonyl (C=O) groups is 2. The lowest BCUT2D eigenvalue weighted by Gasteiger charge is -2.38. The van der Waals surface area contributed by atoms with Crippen LogP contribution in [0.5, 0.6) is 0 Å². The number of amides is 1. The van der Waals surface area contributed by atoms with Gasteiger partial charge in [0.1, 0.15) is 0 Å². The number of ether oxygens (including phenoxy) is 1. The number of rotatable bonds is 5. The van der Waals surface area contributed by atoms with Gasteiger partial charge in [0, 0.05) is 4.47 Å². The average molecular weight is 504 g/mol. The van der Waals surface area contributed by atoms with Crippen molar-refractivity contribution in [2.24, 2.45) is 5.92 Å². The van der Waals surface area contributed by atoms with Crippen molar-refractivity contribution in [2.45, 2.75) is 19.5 Å². The molecule has 0 N–H and O–H groups in total. The van der Waals surface area contributed by atoms with Gasteiger partial charge < -0.3 is 9.30 Å². The molecule has 1 aliphatic heterocycles. The lowest BCUT2D eigenvalue weighted by Crippen LogP contribution is -2.49. The number of benzene rings is 3. The van der Waals surface area contributed by atoms with E-state index in [0.717, 1.165) is 26.6 Å². The molecule has 1 aliphatic rings. The zero-order chi connectivity index (χ0) is 22.9. The summed E-state index contributed by atoms with van der Waals surface area (Å²) in [5.41, 5.74) is 3.41. The van der Waals surface area contributed by atoms with E-state index >= 15 is 0 Å². The Bertz CT molecular complexity index is 1340. The van der Waals surface area contributed by atoms with E-state index in [1.54, 1.807) is 11.8 Å². The third-order valence-electron chi connectivity index (χ3n) is 5.86. The third kappa shape index (κ3) is 3.82. The van der Waals surface area contributed by atoms with Crippen molar-refractivity contribution in [3.8, 4) is 0 Å². The lowest BCUT2D eigenvalue weighted by molar-refractivity contribution is -0.153. The van der Waals surface area contributed by atoms with E-state index in [4.69, 9.17) is 9.72 Å². The van der Waals surface area contributed by atoms with Gasteiger partial charge in [-0.3, -0.25) is 14.5 Å². The van der Waals surface area contributed by atoms with Crippen molar-refractivity contribution < 1.29 is 14.3 Å². The van der Waals surface area contributed by atoms with E-state index in [-0.39, 0.29) is 12.5 Å². The van der Waals surface area contributed by atoms with Crippen LogP contribution in [0.25, 0.3) is 11.0 Å². The molecule has 5 rings (SSSR count). The molecular weight excluding hydrogens is 482 g/mol. The minimum atomic E-state index is -1.03. The Balaban J connectivity index is 1.76. The molecule has 0 unspecified atom stereocenters. The van der Waals surface area contributed by atoms with E-state index in [9.17, 15) is 9.59 Å². The number of para-hydroxylation sites is 2. The van der Waals surface area contributed by atoms with Gasteiger partial charge in [-0.15, -0.1) is 0 Å². The standard InChI is InChI=1S/C26H22BrN3O3/c1-2-33-25(32)22-23(18-11-8-12-19(27)15-18)30-21-14-7-6-13-20(21)28-26(30)29(24(22)31)16-17-9-4-3-5-10-17/h3-15,22-23H,2,16H2,1H3/t22-,23-/m0/s1. The number of aromatic nitrogens is 2. The van der Waals surface area contributed by atoms with Gasteiger partial charge in [-0.2, -0.15) is 0 Å². The summed E-state index contributed by atoms with van der Waals surface area (Å²) in [5.74, 6) is -1.36. The van der Waals surface area contributed by atoms with Crippen LogP contribution in [-0.4, -0.2) is 28.0 Å². The zero-order valence-electron chi connectivity index (χ0n) is 18.0. The highest BCUT2D eigenvalue weighted by molar-refractivity contribution is 9.10. The molecule has 7 heteroatoms. The molecule has 1 amide bonds. The first-order valence-corrected chi connectivity index (χ1v) is 11.6. The van der Waals surface area contributed by atoms with Crippen molar-refractivity contribution in [1.82, 2.24) is 9.55 Å². The van der Waals surface area contributed by atoms with Crippen molar-refractivity contribution in [3.63, 3.8) is 0 Å². The van der Waals surface area contributed by atoms with Gasteiger partial charge in [0.25, 0.3) is 0 Å². The number of fused-ring (bicyclic) bond motifs is 3. The fraction of sp³-hybridized carbons (Fsp3) is 0.192. The van der Waals surface area contributed by atoms with Gasteiger partial charge >= 0.3 is 5.97 Å². The number of anilines is 1. The summed E-state index contributed by atoms with van der Waals surface area (Å²) in [6.07, 6.45) is 0. The fourth-order valence-electron chi connectivity index (χ4n) is 4.46. The molecule has 2 atom stereocenters. The molecule has 0 aliphatic carbocycles. The van der Waals surface area contributed by atoms with Gasteiger partial charge in [0.05, 0.1) is 30.2 Å². The first kappa shape index (κ1) is 21.4. The Morgan fingerprint density at radius 3 is 2.55 bits per heavy atom. The van der Waals surface area contributed by atoms with Crippen LogP contribution in [0, 0.1) is 5.92 Å². The molecular formula is C26H22BrN3O3. The third-order valence-corrected chi connectivity index (χ3v) is 6.35. The Hall–Kier alpha value is -3.45. The number of hydrogen-bond acceptors (Lipinski definition) is 4. The van der Waals surface area contributed by atoms with Gasteiger partial charge in [-0.05, 0) is 42.3 Å². The molecule has 0 fully saturated rings. The van der Waals surface area contributed by atoms with Crippen LogP contribution in [0.1, 0.15) is 24.1 Å². The Kier molecular flexibility index (Phi) is 5.72. The molecule has 0 radical (unpaired) electrons. The maximum absolute atomic E-state index is 13.9. The fourth-order valence-corrected chi connectivity index (χ4v) is 4.87. The predicted molar refractivity (Wildman–Crippen MR) is 130 cm³/mol. The van der Waals surface area contributed by atoms with Crippen LogP contribution in [-0.2, 0) is 20.9 Å². The molecule has 6 nitrogen and oxygen atoms in total. The van der Waals surface area contributed by atoms with E-state index in [1.807, 2.05) is 83.4 Å². The molecule has 0 bridgehead atoms. The number of imidazole rings is 1. The first-order valence-electron chi connectivity index (χ1n) is 10.8. The Morgan fingerprint density at radius 2 is 1.79 bits per heavy atom. The highest BCUT2D eigenvalue weighted by atomic mass is 79.9. The molecule has 33 heavy (non-hydrogen) atoms. The molecule has 0 spiro atoms. The quantitative estimate of drug-likeness (QED) is 0.280. The Morgan fingerprint density at radius 1 is 1.03 bits per heavy atom. The Labute approximate surface area is 199 Å². The molecule has 4 aromatic rings. The van der Waals surface area contributed by atoms with Crippen molar-refractivity contribution in [1.29, 1.82) is 0 Å². The number of halogens is 1. The largest absolute Gasteiger partial charge is 0.465 e. The van der Waals surface area contributed by atoms with E-state index in [1.165, 1.54) is 0 Å². The molecule has 0 saturated carbocycles. The van der Waals surface area contributed by atoms with Gasteiger partial charge in [-0.25, -0.2) is 4.98 Å². The highest BCUT2D eigenvalue weighted by Crippen LogP contribution is 2.42. The smallest absolute Gasteiger partial charge is 0.321 e. The summed E-state index contributed by atoms with van der Waals surface area (Å²) in [6.45, 7) is 2.26. The van der Waals surface area contributed by atoms with Gasteiger partial charge in [0.15, 0.2) is 5.92 Å².